The van der Waals surface area contributed by atoms with E-state index in [-0.39, 0.29) is 0 Å². The van der Waals surface area contributed by atoms with Crippen molar-refractivity contribution in [3.63, 3.8) is 0 Å². The molecule has 0 aliphatic carbocycles. The SMILES string of the molecule is O=Cc1cccn2c(-c3ccccn3)nnc12. The van der Waals surface area contributed by atoms with E-state index in [1.54, 1.807) is 22.7 Å². The molecule has 0 N–H and O–H groups in total. The standard InChI is InChI=1S/C12H8N4O/c17-8-9-4-3-7-16-11(9)14-15-12(16)10-5-1-2-6-13-10/h1-8H. The van der Waals surface area contributed by atoms with E-state index in [9.17, 15) is 4.79 Å². The summed E-state index contributed by atoms with van der Waals surface area (Å²) in [7, 11) is 0. The lowest BCUT2D eigenvalue weighted by molar-refractivity contribution is 0.112. The highest BCUT2D eigenvalue weighted by Gasteiger charge is 2.10. The van der Waals surface area contributed by atoms with Crippen LogP contribution in [0.4, 0.5) is 0 Å². The maximum atomic E-state index is 10.9. The van der Waals surface area contributed by atoms with Gasteiger partial charge in [-0.15, -0.1) is 10.2 Å². The van der Waals surface area contributed by atoms with Crippen LogP contribution < -0.4 is 0 Å². The molecule has 3 aromatic heterocycles. The third-order valence-corrected chi connectivity index (χ3v) is 2.49. The van der Waals surface area contributed by atoms with Crippen LogP contribution in [-0.2, 0) is 0 Å². The van der Waals surface area contributed by atoms with E-state index in [1.165, 1.54) is 0 Å². The first kappa shape index (κ1) is 9.65. The predicted molar refractivity (Wildman–Crippen MR) is 61.6 cm³/mol. The molecule has 0 saturated carbocycles. The zero-order chi connectivity index (χ0) is 11.7. The molecule has 0 amide bonds. The molecule has 5 heteroatoms. The molecule has 0 radical (unpaired) electrons. The van der Waals surface area contributed by atoms with Gasteiger partial charge in [0.1, 0.15) is 5.69 Å². The third kappa shape index (κ3) is 1.48. The predicted octanol–water partition coefficient (Wildman–Crippen LogP) is 1.60. The molecule has 3 aromatic rings. The van der Waals surface area contributed by atoms with Crippen LogP contribution in [0.1, 0.15) is 10.4 Å². The van der Waals surface area contributed by atoms with Gasteiger partial charge in [0.25, 0.3) is 0 Å². The number of hydrogen-bond acceptors (Lipinski definition) is 4. The smallest absolute Gasteiger partial charge is 0.187 e. The average Bonchev–Trinajstić information content (AvgIpc) is 2.83. The Kier molecular flexibility index (Phi) is 2.15. The van der Waals surface area contributed by atoms with Gasteiger partial charge >= 0.3 is 0 Å². The lowest BCUT2D eigenvalue weighted by Crippen LogP contribution is -1.93. The number of nitrogens with zero attached hydrogens (tertiary/aromatic N) is 4. The third-order valence-electron chi connectivity index (χ3n) is 2.49. The van der Waals surface area contributed by atoms with Crippen LogP contribution in [0.5, 0.6) is 0 Å². The van der Waals surface area contributed by atoms with E-state index >= 15 is 0 Å². The monoisotopic (exact) mass is 224 g/mol. The number of pyridine rings is 2. The highest BCUT2D eigenvalue weighted by atomic mass is 16.1. The summed E-state index contributed by atoms with van der Waals surface area (Å²) in [6.45, 7) is 0. The summed E-state index contributed by atoms with van der Waals surface area (Å²) in [5.41, 5.74) is 1.79. The molecule has 0 unspecified atom stereocenters. The summed E-state index contributed by atoms with van der Waals surface area (Å²) in [6, 6.07) is 9.06. The quantitative estimate of drug-likeness (QED) is 0.620. The minimum absolute atomic E-state index is 0.516. The Bertz CT molecular complexity index is 675. The fraction of sp³-hybridized carbons (Fsp3) is 0. The van der Waals surface area contributed by atoms with Gasteiger partial charge < -0.3 is 0 Å². The van der Waals surface area contributed by atoms with Crippen molar-refractivity contribution in [3.05, 3.63) is 48.3 Å². The normalized spacial score (nSPS) is 10.6. The molecule has 5 nitrogen and oxygen atoms in total. The van der Waals surface area contributed by atoms with Crippen LogP contribution in [0.25, 0.3) is 17.2 Å². The number of rotatable bonds is 2. The topological polar surface area (TPSA) is 60.2 Å². The van der Waals surface area contributed by atoms with Gasteiger partial charge in [0.2, 0.25) is 0 Å². The average molecular weight is 224 g/mol. The first-order valence-electron chi connectivity index (χ1n) is 5.10. The number of hydrogen-bond donors (Lipinski definition) is 0. The van der Waals surface area contributed by atoms with Crippen molar-refractivity contribution >= 4 is 11.9 Å². The van der Waals surface area contributed by atoms with E-state index in [4.69, 9.17) is 0 Å². The lowest BCUT2D eigenvalue weighted by Gasteiger charge is -1.99. The summed E-state index contributed by atoms with van der Waals surface area (Å²) >= 11 is 0. The van der Waals surface area contributed by atoms with Crippen molar-refractivity contribution in [3.8, 4) is 11.5 Å². The molecular weight excluding hydrogens is 216 g/mol. The second kappa shape index (κ2) is 3.79. The van der Waals surface area contributed by atoms with Gasteiger partial charge in [-0.05, 0) is 24.3 Å². The Labute approximate surface area is 96.8 Å². The van der Waals surface area contributed by atoms with Crippen LogP contribution in [-0.4, -0.2) is 25.9 Å². The number of aldehydes is 1. The molecule has 17 heavy (non-hydrogen) atoms. The van der Waals surface area contributed by atoms with Crippen LogP contribution in [0.2, 0.25) is 0 Å². The van der Waals surface area contributed by atoms with Crippen molar-refractivity contribution < 1.29 is 4.79 Å². The molecule has 3 heterocycles. The minimum atomic E-state index is 0.516. The summed E-state index contributed by atoms with van der Waals surface area (Å²) < 4.78 is 1.76. The van der Waals surface area contributed by atoms with Gasteiger partial charge in [-0.1, -0.05) is 6.07 Å². The molecule has 0 bridgehead atoms. The highest BCUT2D eigenvalue weighted by molar-refractivity contribution is 5.84. The van der Waals surface area contributed by atoms with E-state index in [2.05, 4.69) is 15.2 Å². The second-order valence-corrected chi connectivity index (χ2v) is 3.51. The molecule has 0 aliphatic heterocycles. The van der Waals surface area contributed by atoms with Crippen LogP contribution in [0.3, 0.4) is 0 Å². The van der Waals surface area contributed by atoms with Gasteiger partial charge in [-0.2, -0.15) is 0 Å². The number of carbonyl (C=O) groups is 1. The van der Waals surface area contributed by atoms with Gasteiger partial charge in [0, 0.05) is 12.4 Å². The Morgan fingerprint density at radius 1 is 1.12 bits per heavy atom. The van der Waals surface area contributed by atoms with E-state index in [0.29, 0.717) is 17.0 Å². The van der Waals surface area contributed by atoms with Crippen LogP contribution >= 0.6 is 0 Å². The Morgan fingerprint density at radius 3 is 2.82 bits per heavy atom. The van der Waals surface area contributed by atoms with Gasteiger partial charge in [0.05, 0.1) is 5.56 Å². The minimum Gasteiger partial charge on any atom is -0.298 e. The van der Waals surface area contributed by atoms with Crippen LogP contribution in [0.15, 0.2) is 42.7 Å². The molecular formula is C12H8N4O. The summed E-state index contributed by atoms with van der Waals surface area (Å²) in [5.74, 6) is 0.629. The first-order valence-corrected chi connectivity index (χ1v) is 5.10. The van der Waals surface area contributed by atoms with Crippen molar-refractivity contribution in [1.82, 2.24) is 19.6 Å². The van der Waals surface area contributed by atoms with E-state index < -0.39 is 0 Å². The number of aromatic nitrogens is 4. The Balaban J connectivity index is 2.30. The fourth-order valence-electron chi connectivity index (χ4n) is 1.70. The summed E-state index contributed by atoms with van der Waals surface area (Å²) in [4.78, 5) is 15.1. The van der Waals surface area contributed by atoms with Gasteiger partial charge in [-0.3, -0.25) is 14.2 Å². The van der Waals surface area contributed by atoms with Crippen molar-refractivity contribution in [2.75, 3.05) is 0 Å². The fourth-order valence-corrected chi connectivity index (χ4v) is 1.70. The largest absolute Gasteiger partial charge is 0.298 e. The zero-order valence-electron chi connectivity index (χ0n) is 8.82. The molecule has 0 spiro atoms. The van der Waals surface area contributed by atoms with Gasteiger partial charge in [0.15, 0.2) is 17.8 Å². The maximum absolute atomic E-state index is 10.9. The summed E-state index contributed by atoms with van der Waals surface area (Å²) in [5, 5.41) is 8.07. The summed E-state index contributed by atoms with van der Waals surface area (Å²) in [6.07, 6.45) is 4.28. The number of carbonyl (C=O) groups excluding carboxylic acids is 1. The molecule has 0 fully saturated rings. The second-order valence-electron chi connectivity index (χ2n) is 3.51. The number of fused-ring (bicyclic) bond motifs is 1. The molecule has 82 valence electrons. The van der Waals surface area contributed by atoms with Gasteiger partial charge in [-0.25, -0.2) is 0 Å². The van der Waals surface area contributed by atoms with Crippen LogP contribution in [0, 0.1) is 0 Å². The van der Waals surface area contributed by atoms with Crippen molar-refractivity contribution in [2.45, 2.75) is 0 Å². The molecule has 0 aliphatic rings. The Hall–Kier alpha value is -2.56. The molecule has 0 aromatic carbocycles. The first-order chi connectivity index (χ1) is 8.40. The van der Waals surface area contributed by atoms with Crippen molar-refractivity contribution in [2.24, 2.45) is 0 Å². The Morgan fingerprint density at radius 2 is 2.06 bits per heavy atom. The molecule has 0 atom stereocenters. The van der Waals surface area contributed by atoms with E-state index in [1.807, 2.05) is 24.4 Å². The maximum Gasteiger partial charge on any atom is 0.187 e. The molecule has 0 saturated heterocycles. The lowest BCUT2D eigenvalue weighted by atomic mass is 10.3. The molecule has 3 rings (SSSR count). The van der Waals surface area contributed by atoms with Crippen molar-refractivity contribution in [1.29, 1.82) is 0 Å². The van der Waals surface area contributed by atoms with E-state index in [0.717, 1.165) is 12.0 Å². The highest BCUT2D eigenvalue weighted by Crippen LogP contribution is 2.16. The zero-order valence-corrected chi connectivity index (χ0v) is 8.82.